The summed E-state index contributed by atoms with van der Waals surface area (Å²) in [6.45, 7) is 4.64. The third-order valence-corrected chi connectivity index (χ3v) is 4.96. The quantitative estimate of drug-likeness (QED) is 0.854. The highest BCUT2D eigenvalue weighted by Gasteiger charge is 2.27. The van der Waals surface area contributed by atoms with Crippen LogP contribution in [0.1, 0.15) is 70.5 Å². The first-order valence-corrected chi connectivity index (χ1v) is 8.51. The Morgan fingerprint density at radius 1 is 1.29 bits per heavy atom. The third-order valence-electron chi connectivity index (χ3n) is 4.96. The summed E-state index contributed by atoms with van der Waals surface area (Å²) in [6.07, 6.45) is 14.3. The molecule has 3 rings (SSSR count). The first kappa shape index (κ1) is 14.8. The normalized spacial score (nSPS) is 26.6. The number of rotatable bonds is 3. The molecule has 3 heteroatoms. The minimum Gasteiger partial charge on any atom is -0.324 e. The number of hydrogen-bond acceptors (Lipinski definition) is 2. The van der Waals surface area contributed by atoms with Crippen molar-refractivity contribution in [2.45, 2.75) is 77.3 Å². The average Bonchev–Trinajstić information content (AvgIpc) is 2.86. The van der Waals surface area contributed by atoms with Crippen LogP contribution in [0.15, 0.2) is 23.9 Å². The highest BCUT2D eigenvalue weighted by Crippen LogP contribution is 2.36. The molecule has 0 saturated heterocycles. The van der Waals surface area contributed by atoms with Gasteiger partial charge in [0.05, 0.1) is 11.7 Å². The molecule has 1 unspecified atom stereocenters. The lowest BCUT2D eigenvalue weighted by molar-refractivity contribution is 0.298. The lowest BCUT2D eigenvalue weighted by Crippen LogP contribution is -2.31. The van der Waals surface area contributed by atoms with Crippen LogP contribution >= 0.6 is 0 Å². The lowest BCUT2D eigenvalue weighted by Gasteiger charge is -2.33. The SMILES string of the molecule is CC1(C)CC(Cc2ccn(C3CCCCC3)n2)=CC(N)C1. The molecule has 1 fully saturated rings. The summed E-state index contributed by atoms with van der Waals surface area (Å²) in [7, 11) is 0. The Bertz CT molecular complexity index is 506. The molecule has 1 heterocycles. The van der Waals surface area contributed by atoms with Gasteiger partial charge in [0, 0.05) is 18.7 Å². The van der Waals surface area contributed by atoms with E-state index >= 15 is 0 Å². The van der Waals surface area contributed by atoms with Crippen LogP contribution in [0.5, 0.6) is 0 Å². The van der Waals surface area contributed by atoms with Gasteiger partial charge in [-0.1, -0.05) is 44.8 Å². The number of allylic oxidation sites excluding steroid dienone is 1. The van der Waals surface area contributed by atoms with Gasteiger partial charge in [-0.05, 0) is 37.2 Å². The Morgan fingerprint density at radius 2 is 2.05 bits per heavy atom. The summed E-state index contributed by atoms with van der Waals surface area (Å²) in [5, 5.41) is 4.84. The van der Waals surface area contributed by atoms with Crippen LogP contribution in [-0.4, -0.2) is 15.8 Å². The van der Waals surface area contributed by atoms with Gasteiger partial charge in [0.1, 0.15) is 0 Å². The number of hydrogen-bond donors (Lipinski definition) is 1. The molecule has 2 aliphatic carbocycles. The van der Waals surface area contributed by atoms with Crippen LogP contribution in [0, 0.1) is 5.41 Å². The van der Waals surface area contributed by atoms with Gasteiger partial charge in [0.25, 0.3) is 0 Å². The van der Waals surface area contributed by atoms with E-state index < -0.39 is 0 Å². The molecule has 0 spiro atoms. The van der Waals surface area contributed by atoms with Crippen molar-refractivity contribution in [2.24, 2.45) is 11.1 Å². The maximum atomic E-state index is 6.17. The highest BCUT2D eigenvalue weighted by atomic mass is 15.3. The second kappa shape index (κ2) is 5.96. The Balaban J connectivity index is 1.67. The number of aromatic nitrogens is 2. The fourth-order valence-corrected chi connectivity index (χ4v) is 4.12. The predicted molar refractivity (Wildman–Crippen MR) is 87.1 cm³/mol. The van der Waals surface area contributed by atoms with E-state index in [0.29, 0.717) is 11.5 Å². The van der Waals surface area contributed by atoms with Crippen LogP contribution in [0.4, 0.5) is 0 Å². The second-order valence-corrected chi connectivity index (χ2v) is 7.79. The zero-order chi connectivity index (χ0) is 14.9. The average molecular weight is 287 g/mol. The summed E-state index contributed by atoms with van der Waals surface area (Å²) in [4.78, 5) is 0. The minimum atomic E-state index is 0.212. The van der Waals surface area contributed by atoms with Gasteiger partial charge in [-0.2, -0.15) is 5.10 Å². The molecule has 1 saturated carbocycles. The zero-order valence-corrected chi connectivity index (χ0v) is 13.5. The molecule has 1 aromatic rings. The summed E-state index contributed by atoms with van der Waals surface area (Å²) in [5.41, 5.74) is 9.17. The summed E-state index contributed by atoms with van der Waals surface area (Å²) >= 11 is 0. The van der Waals surface area contributed by atoms with Crippen LogP contribution in [0.25, 0.3) is 0 Å². The van der Waals surface area contributed by atoms with E-state index in [1.54, 1.807) is 0 Å². The zero-order valence-electron chi connectivity index (χ0n) is 13.5. The summed E-state index contributed by atoms with van der Waals surface area (Å²) in [6, 6.07) is 3.04. The largest absolute Gasteiger partial charge is 0.324 e. The molecule has 2 N–H and O–H groups in total. The van der Waals surface area contributed by atoms with E-state index in [9.17, 15) is 0 Å². The van der Waals surface area contributed by atoms with Crippen LogP contribution in [-0.2, 0) is 6.42 Å². The maximum Gasteiger partial charge on any atom is 0.0665 e. The summed E-state index contributed by atoms with van der Waals surface area (Å²) < 4.78 is 2.21. The summed E-state index contributed by atoms with van der Waals surface area (Å²) in [5.74, 6) is 0. The smallest absolute Gasteiger partial charge is 0.0665 e. The molecule has 1 atom stereocenters. The van der Waals surface area contributed by atoms with Gasteiger partial charge in [-0.3, -0.25) is 4.68 Å². The van der Waals surface area contributed by atoms with Crippen LogP contribution in [0.3, 0.4) is 0 Å². The van der Waals surface area contributed by atoms with E-state index in [2.05, 4.69) is 36.9 Å². The van der Waals surface area contributed by atoms with Crippen molar-refractivity contribution in [1.29, 1.82) is 0 Å². The van der Waals surface area contributed by atoms with Crippen molar-refractivity contribution in [3.05, 3.63) is 29.6 Å². The molecule has 0 radical (unpaired) electrons. The molecule has 3 nitrogen and oxygen atoms in total. The Morgan fingerprint density at radius 3 is 2.76 bits per heavy atom. The molecule has 0 bridgehead atoms. The molecule has 0 amide bonds. The Kier molecular flexibility index (Phi) is 4.21. The minimum absolute atomic E-state index is 0.212. The first-order chi connectivity index (χ1) is 10.0. The van der Waals surface area contributed by atoms with Gasteiger partial charge in [0.2, 0.25) is 0 Å². The Hall–Kier alpha value is -1.09. The van der Waals surface area contributed by atoms with Crippen LogP contribution in [0.2, 0.25) is 0 Å². The van der Waals surface area contributed by atoms with E-state index in [1.165, 1.54) is 43.4 Å². The monoisotopic (exact) mass is 287 g/mol. The second-order valence-electron chi connectivity index (χ2n) is 7.79. The lowest BCUT2D eigenvalue weighted by atomic mass is 9.74. The predicted octanol–water partition coefficient (Wildman–Crippen LogP) is 4.00. The van der Waals surface area contributed by atoms with Gasteiger partial charge in [-0.25, -0.2) is 0 Å². The van der Waals surface area contributed by atoms with E-state index in [1.807, 2.05) is 0 Å². The Labute approximate surface area is 128 Å². The fourth-order valence-electron chi connectivity index (χ4n) is 4.12. The van der Waals surface area contributed by atoms with Crippen LogP contribution < -0.4 is 5.73 Å². The van der Waals surface area contributed by atoms with Gasteiger partial charge >= 0.3 is 0 Å². The molecule has 21 heavy (non-hydrogen) atoms. The van der Waals surface area contributed by atoms with E-state index in [0.717, 1.165) is 19.3 Å². The van der Waals surface area contributed by atoms with Crippen molar-refractivity contribution < 1.29 is 0 Å². The first-order valence-electron chi connectivity index (χ1n) is 8.51. The van der Waals surface area contributed by atoms with Crippen molar-refractivity contribution in [3.8, 4) is 0 Å². The number of nitrogens with two attached hydrogens (primary N) is 1. The fraction of sp³-hybridized carbons (Fsp3) is 0.722. The van der Waals surface area contributed by atoms with Gasteiger partial charge < -0.3 is 5.73 Å². The van der Waals surface area contributed by atoms with E-state index in [4.69, 9.17) is 10.8 Å². The third kappa shape index (κ3) is 3.76. The standard InChI is InChI=1S/C18H29N3/c1-18(2)12-14(10-15(19)13-18)11-16-8-9-21(20-16)17-6-4-3-5-7-17/h8-10,15,17H,3-7,11-13,19H2,1-2H3. The van der Waals surface area contributed by atoms with E-state index in [-0.39, 0.29) is 6.04 Å². The molecule has 2 aliphatic rings. The molecule has 116 valence electrons. The van der Waals surface area contributed by atoms with Gasteiger partial charge in [0.15, 0.2) is 0 Å². The molecule has 0 aromatic carbocycles. The van der Waals surface area contributed by atoms with Gasteiger partial charge in [-0.15, -0.1) is 0 Å². The van der Waals surface area contributed by atoms with Crippen molar-refractivity contribution in [3.63, 3.8) is 0 Å². The van der Waals surface area contributed by atoms with Crippen molar-refractivity contribution in [1.82, 2.24) is 9.78 Å². The molecular formula is C18H29N3. The molecule has 0 aliphatic heterocycles. The topological polar surface area (TPSA) is 43.8 Å². The number of nitrogens with zero attached hydrogens (tertiary/aromatic N) is 2. The highest BCUT2D eigenvalue weighted by molar-refractivity contribution is 5.20. The molecular weight excluding hydrogens is 258 g/mol. The van der Waals surface area contributed by atoms with Crippen molar-refractivity contribution in [2.75, 3.05) is 0 Å². The molecule has 1 aromatic heterocycles. The maximum absolute atomic E-state index is 6.17. The van der Waals surface area contributed by atoms with Crippen molar-refractivity contribution >= 4 is 0 Å².